The van der Waals surface area contributed by atoms with E-state index >= 15 is 0 Å². The van der Waals surface area contributed by atoms with E-state index in [1.54, 1.807) is 24.4 Å². The van der Waals surface area contributed by atoms with E-state index in [0.717, 1.165) is 53.7 Å². The predicted molar refractivity (Wildman–Crippen MR) is 132 cm³/mol. The summed E-state index contributed by atoms with van der Waals surface area (Å²) < 4.78 is 7.68. The van der Waals surface area contributed by atoms with Gasteiger partial charge in [0.1, 0.15) is 22.7 Å². The van der Waals surface area contributed by atoms with Crippen molar-refractivity contribution in [3.05, 3.63) is 83.4 Å². The van der Waals surface area contributed by atoms with Crippen molar-refractivity contribution in [1.29, 1.82) is 0 Å². The number of hydrogen-bond donors (Lipinski definition) is 1. The van der Waals surface area contributed by atoms with E-state index in [-0.39, 0.29) is 28.8 Å². The lowest BCUT2D eigenvalue weighted by Crippen LogP contribution is -2.27. The number of nitrogens with zero attached hydrogens (tertiary/aromatic N) is 3. The van der Waals surface area contributed by atoms with Crippen molar-refractivity contribution in [2.24, 2.45) is 7.05 Å². The summed E-state index contributed by atoms with van der Waals surface area (Å²) in [5.41, 5.74) is 4.14. The van der Waals surface area contributed by atoms with Crippen molar-refractivity contribution >= 4 is 28.8 Å². The van der Waals surface area contributed by atoms with Gasteiger partial charge in [-0.05, 0) is 60.4 Å². The minimum atomic E-state index is -0.362. The number of Topliss-reactive ketones (excluding diaryl/α,β-unsaturated/α-hetero) is 1. The maximum atomic E-state index is 13.0. The van der Waals surface area contributed by atoms with E-state index in [1.165, 1.54) is 6.07 Å². The number of carbonyl (C=O) groups excluding carboxylic acids is 2. The fraction of sp³-hybridized carbons (Fsp3) is 0.179. The van der Waals surface area contributed by atoms with Crippen LogP contribution in [0.1, 0.15) is 39.1 Å². The fourth-order valence-electron chi connectivity index (χ4n) is 4.97. The number of pyridine rings is 1. The number of carbonyl (C=O) groups is 2. The molecule has 0 aliphatic carbocycles. The number of allylic oxidation sites excluding steroid dienone is 1. The molecule has 1 fully saturated rings. The van der Waals surface area contributed by atoms with E-state index in [1.807, 2.05) is 53.0 Å². The summed E-state index contributed by atoms with van der Waals surface area (Å²) in [7, 11) is 1.90. The molecule has 6 rings (SSSR count). The Hall–Kier alpha value is -4.39. The van der Waals surface area contributed by atoms with Crippen LogP contribution in [0.25, 0.3) is 28.2 Å². The highest BCUT2D eigenvalue weighted by Gasteiger charge is 2.30. The third kappa shape index (κ3) is 3.47. The summed E-state index contributed by atoms with van der Waals surface area (Å²) in [4.78, 5) is 32.4. The SMILES string of the molecule is Cn1cc(/C=C2\Oc3cccc(O)c3C2=O)c2c(-c3cccc(C(=O)N4CCCC4)c3)ccnc21. The second-order valence-electron chi connectivity index (χ2n) is 8.92. The van der Waals surface area contributed by atoms with Gasteiger partial charge in [-0.1, -0.05) is 18.2 Å². The lowest BCUT2D eigenvalue weighted by atomic mass is 9.98. The number of hydrogen-bond acceptors (Lipinski definition) is 5. The van der Waals surface area contributed by atoms with Crippen LogP contribution in [0, 0.1) is 0 Å². The summed E-state index contributed by atoms with van der Waals surface area (Å²) in [6, 6.07) is 14.3. The standard InChI is InChI=1S/C28H23N3O4/c1-30-16-19(15-23-26(33)25-21(32)8-5-9-22(25)35-23)24-20(10-11-29-27(24)30)17-6-4-7-18(14-17)28(34)31-12-2-3-13-31/h4-11,14-16,32H,2-3,12-13H2,1H3/b23-15-. The number of phenols is 1. The minimum absolute atomic E-state index is 0.0487. The van der Waals surface area contributed by atoms with E-state index in [4.69, 9.17) is 4.74 Å². The van der Waals surface area contributed by atoms with Gasteiger partial charge in [-0.2, -0.15) is 0 Å². The molecule has 0 atom stereocenters. The smallest absolute Gasteiger partial charge is 0.253 e. The van der Waals surface area contributed by atoms with Crippen LogP contribution in [0.5, 0.6) is 11.5 Å². The zero-order valence-corrected chi connectivity index (χ0v) is 19.2. The van der Waals surface area contributed by atoms with Gasteiger partial charge in [0, 0.05) is 49.0 Å². The summed E-state index contributed by atoms with van der Waals surface area (Å²) in [6.45, 7) is 1.59. The lowest BCUT2D eigenvalue weighted by molar-refractivity contribution is 0.0792. The third-order valence-corrected chi connectivity index (χ3v) is 6.66. The molecule has 0 saturated carbocycles. The lowest BCUT2D eigenvalue weighted by Gasteiger charge is -2.16. The molecule has 2 aliphatic rings. The molecule has 0 unspecified atom stereocenters. The predicted octanol–water partition coefficient (Wildman–Crippen LogP) is 4.80. The summed E-state index contributed by atoms with van der Waals surface area (Å²) in [6.07, 6.45) is 7.41. The van der Waals surface area contributed by atoms with Gasteiger partial charge >= 0.3 is 0 Å². The zero-order valence-electron chi connectivity index (χ0n) is 19.2. The highest BCUT2D eigenvalue weighted by Crippen LogP contribution is 2.39. The molecule has 4 aromatic rings. The molecular weight excluding hydrogens is 442 g/mol. The molecule has 2 aromatic heterocycles. The number of aromatic nitrogens is 2. The first-order valence-corrected chi connectivity index (χ1v) is 11.6. The van der Waals surface area contributed by atoms with Crippen LogP contribution in [-0.4, -0.2) is 44.3 Å². The van der Waals surface area contributed by atoms with Crippen molar-refractivity contribution in [2.75, 3.05) is 13.1 Å². The van der Waals surface area contributed by atoms with Crippen LogP contribution < -0.4 is 4.74 Å². The van der Waals surface area contributed by atoms with Crippen LogP contribution in [0.15, 0.2) is 66.7 Å². The molecule has 1 amide bonds. The molecule has 4 heterocycles. The Morgan fingerprint density at radius 3 is 2.71 bits per heavy atom. The molecule has 2 aromatic carbocycles. The van der Waals surface area contributed by atoms with Crippen LogP contribution in [0.2, 0.25) is 0 Å². The number of benzene rings is 2. The molecule has 0 spiro atoms. The maximum Gasteiger partial charge on any atom is 0.253 e. The monoisotopic (exact) mass is 465 g/mol. The van der Waals surface area contributed by atoms with Gasteiger partial charge in [0.25, 0.3) is 5.91 Å². The topological polar surface area (TPSA) is 84.7 Å². The van der Waals surface area contributed by atoms with Gasteiger partial charge in [-0.25, -0.2) is 4.98 Å². The second kappa shape index (κ2) is 8.13. The maximum absolute atomic E-state index is 13.0. The van der Waals surface area contributed by atoms with E-state index in [9.17, 15) is 14.7 Å². The first-order chi connectivity index (χ1) is 17.0. The van der Waals surface area contributed by atoms with Crippen molar-refractivity contribution in [2.45, 2.75) is 12.8 Å². The molecule has 2 aliphatic heterocycles. The molecule has 1 saturated heterocycles. The largest absolute Gasteiger partial charge is 0.507 e. The molecule has 0 radical (unpaired) electrons. The zero-order chi connectivity index (χ0) is 24.1. The van der Waals surface area contributed by atoms with Crippen molar-refractivity contribution < 1.29 is 19.4 Å². The second-order valence-corrected chi connectivity index (χ2v) is 8.92. The summed E-state index contributed by atoms with van der Waals surface area (Å²) in [5.74, 6) is 0.0664. The molecule has 35 heavy (non-hydrogen) atoms. The number of phenolic OH excluding ortho intramolecular Hbond substituents is 1. The van der Waals surface area contributed by atoms with Gasteiger partial charge in [-0.3, -0.25) is 9.59 Å². The van der Waals surface area contributed by atoms with Crippen molar-refractivity contribution in [3.63, 3.8) is 0 Å². The fourth-order valence-corrected chi connectivity index (χ4v) is 4.97. The average molecular weight is 466 g/mol. The number of likely N-dealkylation sites (tertiary alicyclic amines) is 1. The highest BCUT2D eigenvalue weighted by atomic mass is 16.5. The number of rotatable bonds is 3. The van der Waals surface area contributed by atoms with Crippen LogP contribution in [0.4, 0.5) is 0 Å². The third-order valence-electron chi connectivity index (χ3n) is 6.66. The van der Waals surface area contributed by atoms with Gasteiger partial charge in [0.2, 0.25) is 5.78 Å². The Morgan fingerprint density at radius 1 is 1.11 bits per heavy atom. The molecule has 174 valence electrons. The summed E-state index contributed by atoms with van der Waals surface area (Å²) in [5, 5.41) is 11.0. The quantitative estimate of drug-likeness (QED) is 0.440. The molecule has 7 nitrogen and oxygen atoms in total. The molecular formula is C28H23N3O4. The van der Waals surface area contributed by atoms with E-state index in [0.29, 0.717) is 11.3 Å². The van der Waals surface area contributed by atoms with Crippen molar-refractivity contribution in [3.8, 4) is 22.6 Å². The van der Waals surface area contributed by atoms with Crippen LogP contribution in [-0.2, 0) is 7.05 Å². The number of amides is 1. The Bertz CT molecular complexity index is 1540. The van der Waals surface area contributed by atoms with E-state index < -0.39 is 0 Å². The average Bonchev–Trinajstić information content (AvgIpc) is 3.59. The van der Waals surface area contributed by atoms with Gasteiger partial charge in [0.05, 0.1) is 0 Å². The van der Waals surface area contributed by atoms with Crippen molar-refractivity contribution in [1.82, 2.24) is 14.5 Å². The number of aryl methyl sites for hydroxylation is 1. The first-order valence-electron chi connectivity index (χ1n) is 11.6. The minimum Gasteiger partial charge on any atom is -0.507 e. The Morgan fingerprint density at radius 2 is 1.91 bits per heavy atom. The molecule has 0 bridgehead atoms. The van der Waals surface area contributed by atoms with Crippen LogP contribution in [0.3, 0.4) is 0 Å². The Balaban J connectivity index is 1.45. The number of ether oxygens (including phenoxy) is 1. The van der Waals surface area contributed by atoms with E-state index in [2.05, 4.69) is 4.98 Å². The normalized spacial score (nSPS) is 16.2. The molecule has 7 heteroatoms. The summed E-state index contributed by atoms with van der Waals surface area (Å²) >= 11 is 0. The number of fused-ring (bicyclic) bond motifs is 2. The number of aromatic hydroxyl groups is 1. The Kier molecular flexibility index (Phi) is 4.91. The van der Waals surface area contributed by atoms with Gasteiger partial charge < -0.3 is 19.3 Å². The van der Waals surface area contributed by atoms with Gasteiger partial charge in [-0.15, -0.1) is 0 Å². The Labute approximate surface area is 201 Å². The van der Waals surface area contributed by atoms with Gasteiger partial charge in [0.15, 0.2) is 5.76 Å². The molecule has 1 N–H and O–H groups in total. The first kappa shape index (κ1) is 21.2. The number of ketones is 1. The van der Waals surface area contributed by atoms with Crippen LogP contribution >= 0.6 is 0 Å². The highest BCUT2D eigenvalue weighted by molar-refractivity contribution is 6.17.